The zero-order valence-corrected chi connectivity index (χ0v) is 15.9. The van der Waals surface area contributed by atoms with Gasteiger partial charge in [-0.2, -0.15) is 0 Å². The van der Waals surface area contributed by atoms with Crippen molar-refractivity contribution in [2.24, 2.45) is 0 Å². The molecule has 1 amide bonds. The second-order valence-corrected chi connectivity index (χ2v) is 7.14. The first-order chi connectivity index (χ1) is 12.4. The van der Waals surface area contributed by atoms with Gasteiger partial charge in [-0.1, -0.05) is 44.2 Å². The van der Waals surface area contributed by atoms with E-state index >= 15 is 0 Å². The maximum atomic E-state index is 13.5. The Bertz CT molecular complexity index is 792. The Kier molecular flexibility index (Phi) is 7.21. The topological polar surface area (TPSA) is 55.4 Å². The lowest BCUT2D eigenvalue weighted by atomic mass is 9.98. The number of thioether (sulfide) groups is 1. The zero-order valence-electron chi connectivity index (χ0n) is 15.0. The van der Waals surface area contributed by atoms with Gasteiger partial charge in [0.05, 0.1) is 5.75 Å². The Morgan fingerprint density at radius 1 is 1.15 bits per heavy atom. The van der Waals surface area contributed by atoms with Crippen LogP contribution in [0.3, 0.4) is 0 Å². The first-order valence-corrected chi connectivity index (χ1v) is 9.29. The Balaban J connectivity index is 1.85. The van der Waals surface area contributed by atoms with Crippen molar-refractivity contribution in [3.05, 3.63) is 59.4 Å². The number of anilines is 1. The number of aryl methyl sites for hydroxylation is 1. The number of ether oxygens (including phenoxy) is 1. The number of esters is 1. The lowest BCUT2D eigenvalue weighted by Crippen LogP contribution is -2.22. The molecule has 0 heterocycles. The number of para-hydroxylation sites is 1. The van der Waals surface area contributed by atoms with E-state index in [1.807, 2.05) is 39.0 Å². The SMILES string of the molecule is Cc1cccc(C(C)C)c1NC(=O)COC(=O)CSc1ccccc1F. The second-order valence-electron chi connectivity index (χ2n) is 6.12. The summed E-state index contributed by atoms with van der Waals surface area (Å²) >= 11 is 1.04. The molecular weight excluding hydrogens is 353 g/mol. The molecule has 0 aliphatic rings. The molecule has 0 saturated carbocycles. The maximum Gasteiger partial charge on any atom is 0.316 e. The smallest absolute Gasteiger partial charge is 0.316 e. The van der Waals surface area contributed by atoms with Crippen LogP contribution in [0.5, 0.6) is 0 Å². The van der Waals surface area contributed by atoms with Gasteiger partial charge in [-0.15, -0.1) is 11.8 Å². The number of carbonyl (C=O) groups excluding carboxylic acids is 2. The molecule has 0 aliphatic carbocycles. The Labute approximate surface area is 157 Å². The largest absolute Gasteiger partial charge is 0.455 e. The highest BCUT2D eigenvalue weighted by atomic mass is 32.2. The highest BCUT2D eigenvalue weighted by Gasteiger charge is 2.14. The minimum absolute atomic E-state index is 0.0597. The molecule has 1 N–H and O–H groups in total. The number of amides is 1. The summed E-state index contributed by atoms with van der Waals surface area (Å²) < 4.78 is 18.5. The number of halogens is 1. The van der Waals surface area contributed by atoms with Crippen LogP contribution >= 0.6 is 11.8 Å². The zero-order chi connectivity index (χ0) is 19.1. The van der Waals surface area contributed by atoms with E-state index in [1.54, 1.807) is 18.2 Å². The van der Waals surface area contributed by atoms with E-state index in [2.05, 4.69) is 5.32 Å². The van der Waals surface area contributed by atoms with Crippen molar-refractivity contribution >= 4 is 29.3 Å². The molecule has 0 fully saturated rings. The van der Waals surface area contributed by atoms with Crippen LogP contribution in [0.25, 0.3) is 0 Å². The molecule has 26 heavy (non-hydrogen) atoms. The molecule has 0 saturated heterocycles. The predicted octanol–water partition coefficient (Wildman–Crippen LogP) is 4.53. The maximum absolute atomic E-state index is 13.5. The normalized spacial score (nSPS) is 10.7. The minimum Gasteiger partial charge on any atom is -0.455 e. The summed E-state index contributed by atoms with van der Waals surface area (Å²) in [6.07, 6.45) is 0. The summed E-state index contributed by atoms with van der Waals surface area (Å²) in [5.74, 6) is -1.16. The number of benzene rings is 2. The first-order valence-electron chi connectivity index (χ1n) is 8.30. The van der Waals surface area contributed by atoms with Crippen LogP contribution in [0, 0.1) is 12.7 Å². The van der Waals surface area contributed by atoms with E-state index < -0.39 is 11.9 Å². The molecule has 2 rings (SSSR count). The van der Waals surface area contributed by atoms with Crippen LogP contribution in [0.1, 0.15) is 30.9 Å². The molecule has 138 valence electrons. The van der Waals surface area contributed by atoms with E-state index in [9.17, 15) is 14.0 Å². The van der Waals surface area contributed by atoms with Gasteiger partial charge in [-0.05, 0) is 36.1 Å². The second kappa shape index (κ2) is 9.38. The van der Waals surface area contributed by atoms with Gasteiger partial charge < -0.3 is 10.1 Å². The molecule has 2 aromatic rings. The Hall–Kier alpha value is -2.34. The fraction of sp³-hybridized carbons (Fsp3) is 0.300. The molecule has 0 radical (unpaired) electrons. The number of hydrogen-bond donors (Lipinski definition) is 1. The average Bonchev–Trinajstić information content (AvgIpc) is 2.60. The summed E-state index contributed by atoms with van der Waals surface area (Å²) in [5.41, 5.74) is 2.73. The molecule has 4 nitrogen and oxygen atoms in total. The van der Waals surface area contributed by atoms with E-state index in [0.29, 0.717) is 4.90 Å². The summed E-state index contributed by atoms with van der Waals surface area (Å²) in [6.45, 7) is 5.63. The van der Waals surface area contributed by atoms with E-state index in [4.69, 9.17) is 4.74 Å². The van der Waals surface area contributed by atoms with Crippen molar-refractivity contribution in [2.45, 2.75) is 31.6 Å². The molecule has 0 spiro atoms. The standard InChI is InChI=1S/C20H22FNO3S/c1-13(2)15-8-6-7-14(3)20(15)22-18(23)11-25-19(24)12-26-17-10-5-4-9-16(17)21/h4-10,13H,11-12H2,1-3H3,(H,22,23). The van der Waals surface area contributed by atoms with Crippen molar-refractivity contribution < 1.29 is 18.7 Å². The van der Waals surface area contributed by atoms with Gasteiger partial charge in [0.2, 0.25) is 0 Å². The number of nitrogens with one attached hydrogen (secondary N) is 1. The summed E-state index contributed by atoms with van der Waals surface area (Å²) in [7, 11) is 0. The van der Waals surface area contributed by atoms with Crippen LogP contribution in [-0.4, -0.2) is 24.2 Å². The monoisotopic (exact) mass is 375 g/mol. The van der Waals surface area contributed by atoms with Crippen LogP contribution < -0.4 is 5.32 Å². The molecule has 0 atom stereocenters. The van der Waals surface area contributed by atoms with Gasteiger partial charge in [0.1, 0.15) is 5.82 Å². The van der Waals surface area contributed by atoms with Crippen molar-refractivity contribution in [1.82, 2.24) is 0 Å². The summed E-state index contributed by atoms with van der Waals surface area (Å²) in [5, 5.41) is 2.82. The van der Waals surface area contributed by atoms with Gasteiger partial charge in [0, 0.05) is 10.6 Å². The molecule has 0 bridgehead atoms. The molecular formula is C20H22FNO3S. The van der Waals surface area contributed by atoms with Crippen molar-refractivity contribution in [3.8, 4) is 0 Å². The highest BCUT2D eigenvalue weighted by molar-refractivity contribution is 8.00. The number of carbonyl (C=O) groups is 2. The third kappa shape index (κ3) is 5.59. The molecule has 0 unspecified atom stereocenters. The van der Waals surface area contributed by atoms with Gasteiger partial charge in [-0.25, -0.2) is 4.39 Å². The lowest BCUT2D eigenvalue weighted by molar-refractivity contribution is -0.144. The van der Waals surface area contributed by atoms with Gasteiger partial charge in [-0.3, -0.25) is 9.59 Å². The van der Waals surface area contributed by atoms with Gasteiger partial charge in [0.25, 0.3) is 5.91 Å². The van der Waals surface area contributed by atoms with E-state index in [1.165, 1.54) is 6.07 Å². The fourth-order valence-corrected chi connectivity index (χ4v) is 3.14. The quantitative estimate of drug-likeness (QED) is 0.571. The van der Waals surface area contributed by atoms with E-state index in [-0.39, 0.29) is 24.1 Å². The van der Waals surface area contributed by atoms with Crippen molar-refractivity contribution in [1.29, 1.82) is 0 Å². The molecule has 6 heteroatoms. The van der Waals surface area contributed by atoms with Gasteiger partial charge in [0.15, 0.2) is 6.61 Å². The molecule has 2 aromatic carbocycles. The third-order valence-corrected chi connectivity index (χ3v) is 4.76. The van der Waals surface area contributed by atoms with Crippen LogP contribution in [0.15, 0.2) is 47.4 Å². The summed E-state index contributed by atoms with van der Waals surface area (Å²) in [4.78, 5) is 24.3. The molecule has 0 aliphatic heterocycles. The average molecular weight is 375 g/mol. The number of rotatable bonds is 7. The predicted molar refractivity (Wildman–Crippen MR) is 102 cm³/mol. The van der Waals surface area contributed by atoms with Crippen LogP contribution in [0.2, 0.25) is 0 Å². The highest BCUT2D eigenvalue weighted by Crippen LogP contribution is 2.27. The van der Waals surface area contributed by atoms with Crippen molar-refractivity contribution in [3.63, 3.8) is 0 Å². The van der Waals surface area contributed by atoms with Gasteiger partial charge >= 0.3 is 5.97 Å². The lowest BCUT2D eigenvalue weighted by Gasteiger charge is -2.16. The fourth-order valence-electron chi connectivity index (χ4n) is 2.40. The van der Waals surface area contributed by atoms with Crippen molar-refractivity contribution in [2.75, 3.05) is 17.7 Å². The Morgan fingerprint density at radius 3 is 2.58 bits per heavy atom. The first kappa shape index (κ1) is 20.0. The van der Waals surface area contributed by atoms with Crippen LogP contribution in [0.4, 0.5) is 10.1 Å². The molecule has 0 aromatic heterocycles. The Morgan fingerprint density at radius 2 is 1.88 bits per heavy atom. The minimum atomic E-state index is -0.567. The van der Waals surface area contributed by atoms with E-state index in [0.717, 1.165) is 28.6 Å². The van der Waals surface area contributed by atoms with Crippen LogP contribution in [-0.2, 0) is 14.3 Å². The summed E-state index contributed by atoms with van der Waals surface area (Å²) in [6, 6.07) is 12.0. The number of hydrogen-bond acceptors (Lipinski definition) is 4. The third-order valence-electron chi connectivity index (χ3n) is 3.74.